The molecular formula is C20H25IN4O2. The van der Waals surface area contributed by atoms with Gasteiger partial charge in [0.1, 0.15) is 0 Å². The summed E-state index contributed by atoms with van der Waals surface area (Å²) in [6, 6.07) is 14.5. The Morgan fingerprint density at radius 1 is 1.07 bits per heavy atom. The summed E-state index contributed by atoms with van der Waals surface area (Å²) in [4.78, 5) is 20.9. The van der Waals surface area contributed by atoms with Crippen LogP contribution in [0.2, 0.25) is 0 Å². The first kappa shape index (κ1) is 19.7. The molecule has 2 unspecified atom stereocenters. The van der Waals surface area contributed by atoms with E-state index in [0.717, 1.165) is 25.5 Å². The number of rotatable bonds is 3. The van der Waals surface area contributed by atoms with Crippen molar-refractivity contribution in [2.75, 3.05) is 33.2 Å². The summed E-state index contributed by atoms with van der Waals surface area (Å²) in [5.41, 5.74) is 1.38. The van der Waals surface area contributed by atoms with Crippen LogP contribution >= 0.6 is 24.0 Å². The van der Waals surface area contributed by atoms with E-state index in [1.54, 1.807) is 12.1 Å². The average molecular weight is 480 g/mol. The smallest absolute Gasteiger partial charge is 0.289 e. The van der Waals surface area contributed by atoms with Crippen molar-refractivity contribution in [2.24, 2.45) is 4.99 Å². The van der Waals surface area contributed by atoms with Gasteiger partial charge in [-0.15, -0.1) is 24.0 Å². The van der Waals surface area contributed by atoms with Gasteiger partial charge in [0.2, 0.25) is 0 Å². The first-order valence-corrected chi connectivity index (χ1v) is 9.12. The highest BCUT2D eigenvalue weighted by Gasteiger charge is 2.39. The first-order valence-electron chi connectivity index (χ1n) is 9.12. The Morgan fingerprint density at radius 3 is 2.41 bits per heavy atom. The lowest BCUT2D eigenvalue weighted by Crippen LogP contribution is -2.54. The zero-order valence-corrected chi connectivity index (χ0v) is 17.7. The molecule has 1 amide bonds. The molecule has 1 N–H and O–H groups in total. The largest absolute Gasteiger partial charge is 0.459 e. The number of amides is 1. The summed E-state index contributed by atoms with van der Waals surface area (Å²) in [7, 11) is 1.82. The second-order valence-corrected chi connectivity index (χ2v) is 6.81. The molecule has 1 saturated carbocycles. The third kappa shape index (κ3) is 4.45. The van der Waals surface area contributed by atoms with E-state index in [1.165, 1.54) is 11.8 Å². The monoisotopic (exact) mass is 480 g/mol. The Labute approximate surface area is 176 Å². The minimum Gasteiger partial charge on any atom is -0.459 e. The van der Waals surface area contributed by atoms with Gasteiger partial charge in [-0.1, -0.05) is 30.3 Å². The number of halogens is 1. The molecule has 1 aromatic heterocycles. The molecule has 1 aliphatic heterocycles. The lowest BCUT2D eigenvalue weighted by Gasteiger charge is -2.36. The number of carbonyl (C=O) groups excluding carboxylic acids is 1. The Balaban J connectivity index is 0.00000210. The number of hydrogen-bond donors (Lipinski definition) is 1. The molecule has 0 radical (unpaired) electrons. The number of guanidine groups is 1. The van der Waals surface area contributed by atoms with Crippen LogP contribution in [0.3, 0.4) is 0 Å². The molecule has 1 saturated heterocycles. The van der Waals surface area contributed by atoms with Crippen LogP contribution in [-0.4, -0.2) is 60.9 Å². The maximum Gasteiger partial charge on any atom is 0.289 e. The van der Waals surface area contributed by atoms with Crippen LogP contribution in [0.15, 0.2) is 58.1 Å². The van der Waals surface area contributed by atoms with Gasteiger partial charge in [-0.3, -0.25) is 9.79 Å². The van der Waals surface area contributed by atoms with Gasteiger partial charge in [-0.2, -0.15) is 0 Å². The van der Waals surface area contributed by atoms with Gasteiger partial charge in [0.05, 0.1) is 6.26 Å². The van der Waals surface area contributed by atoms with Crippen molar-refractivity contribution < 1.29 is 9.21 Å². The fraction of sp³-hybridized carbons (Fsp3) is 0.400. The van der Waals surface area contributed by atoms with E-state index in [9.17, 15) is 4.79 Å². The number of hydrogen-bond acceptors (Lipinski definition) is 3. The third-order valence-electron chi connectivity index (χ3n) is 5.14. The highest BCUT2D eigenvalue weighted by atomic mass is 127. The van der Waals surface area contributed by atoms with Gasteiger partial charge >= 0.3 is 0 Å². The Morgan fingerprint density at radius 2 is 1.78 bits per heavy atom. The minimum atomic E-state index is -0.0380. The Bertz CT molecular complexity index is 771. The lowest BCUT2D eigenvalue weighted by molar-refractivity contribution is 0.0657. The number of piperazine rings is 1. The minimum absolute atomic E-state index is 0. The van der Waals surface area contributed by atoms with E-state index in [1.807, 2.05) is 11.9 Å². The van der Waals surface area contributed by atoms with Crippen LogP contribution in [0.4, 0.5) is 0 Å². The molecule has 2 heterocycles. The van der Waals surface area contributed by atoms with Gasteiger partial charge in [0, 0.05) is 45.2 Å². The van der Waals surface area contributed by atoms with Crippen LogP contribution in [0.1, 0.15) is 28.5 Å². The molecule has 2 aliphatic rings. The van der Waals surface area contributed by atoms with Crippen LogP contribution in [0, 0.1) is 0 Å². The number of furan rings is 1. The molecule has 2 aromatic rings. The summed E-state index contributed by atoms with van der Waals surface area (Å²) in [5, 5.41) is 3.58. The quantitative estimate of drug-likeness (QED) is 0.417. The van der Waals surface area contributed by atoms with E-state index in [2.05, 4.69) is 45.5 Å². The van der Waals surface area contributed by atoms with Crippen LogP contribution in [0.25, 0.3) is 0 Å². The van der Waals surface area contributed by atoms with Gasteiger partial charge in [-0.25, -0.2) is 0 Å². The zero-order valence-electron chi connectivity index (χ0n) is 15.4. The van der Waals surface area contributed by atoms with E-state index < -0.39 is 0 Å². The SMILES string of the molecule is CN=C(NC1CC1c1ccccc1)N1CCN(C(=O)c2ccco2)CC1.I. The van der Waals surface area contributed by atoms with Crippen LogP contribution < -0.4 is 5.32 Å². The maximum atomic E-state index is 12.4. The van der Waals surface area contributed by atoms with Gasteiger partial charge in [0.25, 0.3) is 5.91 Å². The van der Waals surface area contributed by atoms with Crippen molar-refractivity contribution in [3.05, 3.63) is 60.1 Å². The summed E-state index contributed by atoms with van der Waals surface area (Å²) in [6.45, 7) is 2.89. The fourth-order valence-corrected chi connectivity index (χ4v) is 3.56. The number of benzene rings is 1. The Kier molecular flexibility index (Phi) is 6.41. The molecule has 2 atom stereocenters. The van der Waals surface area contributed by atoms with Crippen molar-refractivity contribution in [3.8, 4) is 0 Å². The fourth-order valence-electron chi connectivity index (χ4n) is 3.56. The normalized spacial score (nSPS) is 22.2. The molecular weight excluding hydrogens is 455 g/mol. The maximum absolute atomic E-state index is 12.4. The highest BCUT2D eigenvalue weighted by Crippen LogP contribution is 2.40. The van der Waals surface area contributed by atoms with E-state index in [-0.39, 0.29) is 29.9 Å². The van der Waals surface area contributed by atoms with Crippen molar-refractivity contribution in [3.63, 3.8) is 0 Å². The molecule has 1 aliphatic carbocycles. The summed E-state index contributed by atoms with van der Waals surface area (Å²) in [6.07, 6.45) is 2.67. The molecule has 27 heavy (non-hydrogen) atoms. The average Bonchev–Trinajstić information content (AvgIpc) is 3.25. The lowest BCUT2D eigenvalue weighted by atomic mass is 10.1. The molecule has 0 bridgehead atoms. The van der Waals surface area contributed by atoms with Crippen molar-refractivity contribution in [1.29, 1.82) is 0 Å². The second kappa shape index (κ2) is 8.77. The van der Waals surface area contributed by atoms with Gasteiger partial charge in [0.15, 0.2) is 11.7 Å². The first-order chi connectivity index (χ1) is 12.8. The van der Waals surface area contributed by atoms with E-state index >= 15 is 0 Å². The van der Waals surface area contributed by atoms with Crippen molar-refractivity contribution in [1.82, 2.24) is 15.1 Å². The second-order valence-electron chi connectivity index (χ2n) is 6.81. The predicted octanol–water partition coefficient (Wildman–Crippen LogP) is 2.79. The molecule has 6 nitrogen and oxygen atoms in total. The number of nitrogens with one attached hydrogen (secondary N) is 1. The van der Waals surface area contributed by atoms with E-state index in [0.29, 0.717) is 30.8 Å². The highest BCUT2D eigenvalue weighted by molar-refractivity contribution is 14.0. The van der Waals surface area contributed by atoms with Crippen molar-refractivity contribution in [2.45, 2.75) is 18.4 Å². The summed E-state index contributed by atoms with van der Waals surface area (Å²) >= 11 is 0. The number of nitrogens with zero attached hydrogens (tertiary/aromatic N) is 3. The number of carbonyl (C=O) groups is 1. The van der Waals surface area contributed by atoms with Crippen molar-refractivity contribution >= 4 is 35.8 Å². The zero-order chi connectivity index (χ0) is 17.9. The topological polar surface area (TPSA) is 61.1 Å². The molecule has 1 aromatic carbocycles. The Hall–Kier alpha value is -2.03. The van der Waals surface area contributed by atoms with Gasteiger partial charge in [-0.05, 0) is 24.1 Å². The molecule has 0 spiro atoms. The molecule has 144 valence electrons. The molecule has 2 fully saturated rings. The van der Waals surface area contributed by atoms with E-state index in [4.69, 9.17) is 4.42 Å². The molecule has 4 rings (SSSR count). The standard InChI is InChI=1S/C20H24N4O2.HI/c1-21-20(22-17-14-16(17)15-6-3-2-4-7-15)24-11-9-23(10-12-24)19(25)18-8-5-13-26-18;/h2-8,13,16-17H,9-12,14H2,1H3,(H,21,22);1H. The predicted molar refractivity (Wildman–Crippen MR) is 116 cm³/mol. The number of aliphatic imine (C=N–C) groups is 1. The summed E-state index contributed by atoms with van der Waals surface area (Å²) < 4.78 is 5.22. The van der Waals surface area contributed by atoms with Crippen LogP contribution in [0.5, 0.6) is 0 Å². The van der Waals surface area contributed by atoms with Gasteiger partial charge < -0.3 is 19.5 Å². The molecule has 7 heteroatoms. The van der Waals surface area contributed by atoms with Crippen LogP contribution in [-0.2, 0) is 0 Å². The summed E-state index contributed by atoms with van der Waals surface area (Å²) in [5.74, 6) is 1.86. The third-order valence-corrected chi connectivity index (χ3v) is 5.14.